The Morgan fingerprint density at radius 2 is 1.24 bits per heavy atom. The zero-order valence-corrected chi connectivity index (χ0v) is 12.5. The molecule has 0 spiro atoms. The van der Waals surface area contributed by atoms with Crippen LogP contribution in [0.4, 0.5) is 0 Å². The lowest BCUT2D eigenvalue weighted by atomic mass is 10.1. The van der Waals surface area contributed by atoms with Crippen LogP contribution in [0.1, 0.15) is 45.4 Å². The second-order valence-corrected chi connectivity index (χ2v) is 6.32. The van der Waals surface area contributed by atoms with Gasteiger partial charge in [-0.2, -0.15) is 0 Å². The Kier molecular flexibility index (Phi) is 11.5. The maximum atomic E-state index is 8.88. The van der Waals surface area contributed by atoms with Crippen LogP contribution in [-0.4, -0.2) is 46.9 Å². The average Bonchev–Trinajstić information content (AvgIpc) is 2.06. The molecule has 0 radical (unpaired) electrons. The molecule has 5 nitrogen and oxygen atoms in total. The second kappa shape index (κ2) is 10.0. The van der Waals surface area contributed by atoms with Gasteiger partial charge in [0.2, 0.25) is 0 Å². The first kappa shape index (κ1) is 19.4. The van der Waals surface area contributed by atoms with E-state index in [4.69, 9.17) is 19.2 Å². The molecule has 0 fully saturated rings. The minimum atomic E-state index is -4.64. The SMILES string of the molecule is CCCCCCCC[N+](C)(C)C.O=P(O)(O)O. The summed E-state index contributed by atoms with van der Waals surface area (Å²) in [4.78, 5) is 21.6. The summed E-state index contributed by atoms with van der Waals surface area (Å²) < 4.78 is 10.0. The quantitative estimate of drug-likeness (QED) is 0.376. The lowest BCUT2D eigenvalue weighted by Crippen LogP contribution is -2.35. The molecule has 0 rings (SSSR count). The molecule has 0 aromatic carbocycles. The molecule has 0 unspecified atom stereocenters. The summed E-state index contributed by atoms with van der Waals surface area (Å²) in [6, 6.07) is 0. The number of quaternary nitrogens is 1. The summed E-state index contributed by atoms with van der Waals surface area (Å²) in [6.07, 6.45) is 8.48. The van der Waals surface area contributed by atoms with E-state index >= 15 is 0 Å². The number of hydrogen-bond acceptors (Lipinski definition) is 1. The van der Waals surface area contributed by atoms with Crippen molar-refractivity contribution >= 4 is 7.82 Å². The highest BCUT2D eigenvalue weighted by Gasteiger charge is 2.04. The third kappa shape index (κ3) is 38.7. The molecule has 17 heavy (non-hydrogen) atoms. The molecule has 3 N–H and O–H groups in total. The molecule has 0 heterocycles. The molecule has 0 atom stereocenters. The number of rotatable bonds is 7. The summed E-state index contributed by atoms with van der Waals surface area (Å²) in [6.45, 7) is 3.60. The summed E-state index contributed by atoms with van der Waals surface area (Å²) in [5.41, 5.74) is 0. The van der Waals surface area contributed by atoms with E-state index in [0.717, 1.165) is 4.48 Å². The molecule has 0 saturated heterocycles. The molecule has 0 saturated carbocycles. The number of unbranched alkanes of at least 4 members (excludes halogenated alkanes) is 5. The number of nitrogens with zero attached hydrogens (tertiary/aromatic N) is 1. The molecule has 6 heteroatoms. The smallest absolute Gasteiger partial charge is 0.331 e. The van der Waals surface area contributed by atoms with Gasteiger partial charge < -0.3 is 19.2 Å². The largest absolute Gasteiger partial charge is 0.466 e. The minimum Gasteiger partial charge on any atom is -0.331 e. The molecule has 106 valence electrons. The third-order valence-corrected chi connectivity index (χ3v) is 2.18. The molecular weight excluding hydrogens is 241 g/mol. The van der Waals surface area contributed by atoms with Crippen LogP contribution in [0.3, 0.4) is 0 Å². The lowest BCUT2D eigenvalue weighted by molar-refractivity contribution is -0.870. The van der Waals surface area contributed by atoms with Gasteiger partial charge in [-0.15, -0.1) is 0 Å². The standard InChI is InChI=1S/C11H26N.H3O4P/c1-5-6-7-8-9-10-11-12(2,3)4;1-5(2,3)4/h5-11H2,1-4H3;(H3,1,2,3,4)/q+1;. The zero-order valence-electron chi connectivity index (χ0n) is 11.6. The molecule has 0 aliphatic heterocycles. The number of hydrogen-bond donors (Lipinski definition) is 3. The van der Waals surface area contributed by atoms with Crippen LogP contribution in [0.15, 0.2) is 0 Å². The van der Waals surface area contributed by atoms with Crippen LogP contribution >= 0.6 is 7.82 Å². The van der Waals surface area contributed by atoms with Gasteiger partial charge in [-0.1, -0.05) is 32.6 Å². The number of phosphoric acid groups is 1. The van der Waals surface area contributed by atoms with Gasteiger partial charge in [-0.05, 0) is 12.8 Å². The van der Waals surface area contributed by atoms with Crippen LogP contribution in [0, 0.1) is 0 Å². The van der Waals surface area contributed by atoms with Gasteiger partial charge in [0.05, 0.1) is 27.7 Å². The maximum Gasteiger partial charge on any atom is 0.466 e. The Morgan fingerprint density at radius 3 is 1.59 bits per heavy atom. The normalized spacial score (nSPS) is 11.9. The highest BCUT2D eigenvalue weighted by atomic mass is 31.2. The maximum absolute atomic E-state index is 8.88. The van der Waals surface area contributed by atoms with Gasteiger partial charge in [-0.3, -0.25) is 0 Å². The summed E-state index contributed by atoms with van der Waals surface area (Å²) in [5, 5.41) is 0. The van der Waals surface area contributed by atoms with E-state index in [1.165, 1.54) is 45.1 Å². The Bertz CT molecular complexity index is 202. The fourth-order valence-electron chi connectivity index (χ4n) is 1.37. The third-order valence-electron chi connectivity index (χ3n) is 2.18. The Morgan fingerprint density at radius 1 is 0.882 bits per heavy atom. The lowest BCUT2D eigenvalue weighted by Gasteiger charge is -2.23. The molecule has 0 amide bonds. The first-order chi connectivity index (χ1) is 7.56. The van der Waals surface area contributed by atoms with Crippen molar-refractivity contribution < 1.29 is 23.7 Å². The first-order valence-electron chi connectivity index (χ1n) is 6.15. The van der Waals surface area contributed by atoms with Gasteiger partial charge >= 0.3 is 7.82 Å². The van der Waals surface area contributed by atoms with E-state index in [1.807, 2.05) is 0 Å². The molecular formula is C11H29NO4P+. The van der Waals surface area contributed by atoms with E-state index in [-0.39, 0.29) is 0 Å². The summed E-state index contributed by atoms with van der Waals surface area (Å²) in [7, 11) is 2.17. The van der Waals surface area contributed by atoms with Crippen LogP contribution < -0.4 is 0 Å². The summed E-state index contributed by atoms with van der Waals surface area (Å²) >= 11 is 0. The van der Waals surface area contributed by atoms with Gasteiger partial charge in [0, 0.05) is 0 Å². The Hall–Kier alpha value is 0.0700. The van der Waals surface area contributed by atoms with Crippen molar-refractivity contribution in [3.8, 4) is 0 Å². The van der Waals surface area contributed by atoms with Crippen molar-refractivity contribution in [1.82, 2.24) is 0 Å². The van der Waals surface area contributed by atoms with Gasteiger partial charge in [0.25, 0.3) is 0 Å². The topological polar surface area (TPSA) is 77.8 Å². The van der Waals surface area contributed by atoms with Gasteiger partial charge in [0.15, 0.2) is 0 Å². The van der Waals surface area contributed by atoms with Crippen LogP contribution in [-0.2, 0) is 4.57 Å². The van der Waals surface area contributed by atoms with Gasteiger partial charge in [-0.25, -0.2) is 4.57 Å². The molecule has 0 aromatic rings. The Balaban J connectivity index is 0. The van der Waals surface area contributed by atoms with E-state index in [1.54, 1.807) is 0 Å². The van der Waals surface area contributed by atoms with Crippen molar-refractivity contribution in [2.24, 2.45) is 0 Å². The Labute approximate surface area is 105 Å². The molecule has 0 bridgehead atoms. The molecule has 0 aromatic heterocycles. The van der Waals surface area contributed by atoms with Crippen molar-refractivity contribution in [2.75, 3.05) is 27.7 Å². The van der Waals surface area contributed by atoms with Gasteiger partial charge in [0.1, 0.15) is 0 Å². The molecule has 0 aliphatic rings. The van der Waals surface area contributed by atoms with E-state index < -0.39 is 7.82 Å². The average molecular weight is 270 g/mol. The highest BCUT2D eigenvalue weighted by Crippen LogP contribution is 2.25. The van der Waals surface area contributed by atoms with Crippen molar-refractivity contribution in [2.45, 2.75) is 45.4 Å². The zero-order chi connectivity index (χ0) is 13.9. The van der Waals surface area contributed by atoms with Crippen molar-refractivity contribution in [3.63, 3.8) is 0 Å². The monoisotopic (exact) mass is 270 g/mol. The summed E-state index contributed by atoms with van der Waals surface area (Å²) in [5.74, 6) is 0. The van der Waals surface area contributed by atoms with Crippen LogP contribution in [0.2, 0.25) is 0 Å². The fourth-order valence-corrected chi connectivity index (χ4v) is 1.37. The first-order valence-corrected chi connectivity index (χ1v) is 7.71. The van der Waals surface area contributed by atoms with E-state index in [0.29, 0.717) is 0 Å². The highest BCUT2D eigenvalue weighted by molar-refractivity contribution is 7.45. The second-order valence-electron chi connectivity index (χ2n) is 5.29. The van der Waals surface area contributed by atoms with E-state index in [2.05, 4.69) is 28.1 Å². The van der Waals surface area contributed by atoms with Crippen LogP contribution in [0.5, 0.6) is 0 Å². The fraction of sp³-hybridized carbons (Fsp3) is 1.00. The van der Waals surface area contributed by atoms with Crippen molar-refractivity contribution in [3.05, 3.63) is 0 Å². The molecule has 0 aliphatic carbocycles. The minimum absolute atomic E-state index is 1.12. The van der Waals surface area contributed by atoms with Crippen LogP contribution in [0.25, 0.3) is 0 Å². The van der Waals surface area contributed by atoms with Crippen molar-refractivity contribution in [1.29, 1.82) is 0 Å². The van der Waals surface area contributed by atoms with E-state index in [9.17, 15) is 0 Å². The predicted molar refractivity (Wildman–Crippen MR) is 70.5 cm³/mol. The predicted octanol–water partition coefficient (Wildman–Crippen LogP) is 2.12.